The summed E-state index contributed by atoms with van der Waals surface area (Å²) in [5, 5.41) is 3.46. The van der Waals surface area contributed by atoms with E-state index in [0.717, 1.165) is 25.6 Å². The highest BCUT2D eigenvalue weighted by atomic mass is 79.9. The van der Waals surface area contributed by atoms with E-state index in [1.807, 2.05) is 0 Å². The Labute approximate surface area is 138 Å². The normalized spacial score (nSPS) is 17.3. The zero-order valence-corrected chi connectivity index (χ0v) is 15.1. The first-order valence-corrected chi connectivity index (χ1v) is 9.22. The minimum absolute atomic E-state index is 0.955. The summed E-state index contributed by atoms with van der Waals surface area (Å²) >= 11 is 3.75. The second-order valence-electron chi connectivity index (χ2n) is 6.23. The van der Waals surface area contributed by atoms with Crippen molar-refractivity contribution in [2.24, 2.45) is 5.92 Å². The minimum atomic E-state index is 0.955. The third-order valence-electron chi connectivity index (χ3n) is 4.55. The molecule has 1 aromatic rings. The summed E-state index contributed by atoms with van der Waals surface area (Å²) in [7, 11) is 0. The lowest BCUT2D eigenvalue weighted by Crippen LogP contribution is -2.33. The molecule has 2 rings (SSSR count). The predicted molar refractivity (Wildman–Crippen MR) is 94.4 cm³/mol. The van der Waals surface area contributed by atoms with Crippen LogP contribution in [0.2, 0.25) is 0 Å². The van der Waals surface area contributed by atoms with E-state index in [0.29, 0.717) is 0 Å². The molecule has 0 aromatic heterocycles. The van der Waals surface area contributed by atoms with E-state index in [-0.39, 0.29) is 0 Å². The third-order valence-corrected chi connectivity index (χ3v) is 5.29. The first-order valence-electron chi connectivity index (χ1n) is 8.43. The quantitative estimate of drug-likeness (QED) is 0.723. The van der Waals surface area contributed by atoms with Crippen molar-refractivity contribution < 1.29 is 0 Å². The molecule has 2 nitrogen and oxygen atoms in total. The van der Waals surface area contributed by atoms with Gasteiger partial charge in [0, 0.05) is 17.6 Å². The average molecular weight is 353 g/mol. The van der Waals surface area contributed by atoms with E-state index in [1.165, 1.54) is 54.4 Å². The standard InChI is InChI=1S/C18H29BrN2/c1-3-9-20-13-16-5-6-17(18(19)12-16)14-21-10-7-15(4-2)8-11-21/h5-6,12,15,20H,3-4,7-11,13-14H2,1-2H3. The Bertz CT molecular complexity index is 425. The Hall–Kier alpha value is -0.380. The molecule has 21 heavy (non-hydrogen) atoms. The van der Waals surface area contributed by atoms with E-state index in [2.05, 4.69) is 58.2 Å². The maximum atomic E-state index is 3.75. The molecule has 1 heterocycles. The van der Waals surface area contributed by atoms with Crippen LogP contribution in [0.5, 0.6) is 0 Å². The van der Waals surface area contributed by atoms with Crippen LogP contribution in [0, 0.1) is 5.92 Å². The highest BCUT2D eigenvalue weighted by molar-refractivity contribution is 9.10. The maximum absolute atomic E-state index is 3.75. The second-order valence-corrected chi connectivity index (χ2v) is 7.08. The number of nitrogens with one attached hydrogen (secondary N) is 1. The van der Waals surface area contributed by atoms with Crippen LogP contribution >= 0.6 is 15.9 Å². The Morgan fingerprint density at radius 3 is 2.62 bits per heavy atom. The summed E-state index contributed by atoms with van der Waals surface area (Å²) < 4.78 is 1.26. The molecule has 1 aliphatic heterocycles. The van der Waals surface area contributed by atoms with Crippen molar-refractivity contribution in [1.29, 1.82) is 0 Å². The molecule has 1 N–H and O–H groups in total. The molecule has 0 unspecified atom stereocenters. The monoisotopic (exact) mass is 352 g/mol. The van der Waals surface area contributed by atoms with Crippen molar-refractivity contribution in [2.75, 3.05) is 19.6 Å². The summed E-state index contributed by atoms with van der Waals surface area (Å²) in [4.78, 5) is 2.60. The summed E-state index contributed by atoms with van der Waals surface area (Å²) in [6.45, 7) is 10.2. The van der Waals surface area contributed by atoms with Gasteiger partial charge in [-0.1, -0.05) is 48.3 Å². The lowest BCUT2D eigenvalue weighted by Gasteiger charge is -2.31. The van der Waals surface area contributed by atoms with Gasteiger partial charge in [0.25, 0.3) is 0 Å². The van der Waals surface area contributed by atoms with Crippen LogP contribution in [0.25, 0.3) is 0 Å². The summed E-state index contributed by atoms with van der Waals surface area (Å²) in [6, 6.07) is 6.83. The summed E-state index contributed by atoms with van der Waals surface area (Å²) in [5.41, 5.74) is 2.79. The first kappa shape index (κ1) is 17.0. The van der Waals surface area contributed by atoms with Gasteiger partial charge in [-0.2, -0.15) is 0 Å². The number of halogens is 1. The van der Waals surface area contributed by atoms with Gasteiger partial charge in [-0.3, -0.25) is 4.90 Å². The fourth-order valence-electron chi connectivity index (χ4n) is 3.03. The van der Waals surface area contributed by atoms with Gasteiger partial charge in [0.1, 0.15) is 0 Å². The number of nitrogens with zero attached hydrogens (tertiary/aromatic N) is 1. The predicted octanol–water partition coefficient (Wildman–Crippen LogP) is 4.57. The third kappa shape index (κ3) is 5.39. The SMILES string of the molecule is CCCNCc1ccc(CN2CCC(CC)CC2)c(Br)c1. The molecule has 0 spiro atoms. The molecular formula is C18H29BrN2. The van der Waals surface area contributed by atoms with Gasteiger partial charge in [0.05, 0.1) is 0 Å². The molecule has 1 saturated heterocycles. The summed E-state index contributed by atoms with van der Waals surface area (Å²) in [6.07, 6.45) is 5.27. The first-order chi connectivity index (χ1) is 10.2. The fourth-order valence-corrected chi connectivity index (χ4v) is 3.58. The van der Waals surface area contributed by atoms with Gasteiger partial charge >= 0.3 is 0 Å². The van der Waals surface area contributed by atoms with Crippen LogP contribution < -0.4 is 5.32 Å². The molecule has 0 bridgehead atoms. The van der Waals surface area contributed by atoms with Gasteiger partial charge in [-0.25, -0.2) is 0 Å². The van der Waals surface area contributed by atoms with Crippen LogP contribution in [0.1, 0.15) is 50.7 Å². The number of likely N-dealkylation sites (tertiary alicyclic amines) is 1. The molecule has 1 aromatic carbocycles. The van der Waals surface area contributed by atoms with E-state index in [9.17, 15) is 0 Å². The van der Waals surface area contributed by atoms with Crippen molar-refractivity contribution in [1.82, 2.24) is 10.2 Å². The highest BCUT2D eigenvalue weighted by Gasteiger charge is 2.18. The molecule has 0 atom stereocenters. The molecular weight excluding hydrogens is 324 g/mol. The Morgan fingerprint density at radius 2 is 2.00 bits per heavy atom. The molecule has 3 heteroatoms. The number of piperidine rings is 1. The van der Waals surface area contributed by atoms with Gasteiger partial charge in [-0.15, -0.1) is 0 Å². The van der Waals surface area contributed by atoms with Crippen LogP contribution in [-0.2, 0) is 13.1 Å². The van der Waals surface area contributed by atoms with E-state index < -0.39 is 0 Å². The van der Waals surface area contributed by atoms with Crippen molar-refractivity contribution in [3.8, 4) is 0 Å². The molecule has 0 radical (unpaired) electrons. The summed E-state index contributed by atoms with van der Waals surface area (Å²) in [5.74, 6) is 0.955. The molecule has 1 aliphatic rings. The lowest BCUT2D eigenvalue weighted by atomic mass is 9.94. The van der Waals surface area contributed by atoms with Crippen molar-refractivity contribution in [3.63, 3.8) is 0 Å². The fraction of sp³-hybridized carbons (Fsp3) is 0.667. The Kier molecular flexibility index (Phi) is 7.21. The minimum Gasteiger partial charge on any atom is -0.313 e. The van der Waals surface area contributed by atoms with Gasteiger partial charge < -0.3 is 5.32 Å². The van der Waals surface area contributed by atoms with E-state index >= 15 is 0 Å². The topological polar surface area (TPSA) is 15.3 Å². The van der Waals surface area contributed by atoms with Crippen molar-refractivity contribution in [3.05, 3.63) is 33.8 Å². The van der Waals surface area contributed by atoms with Crippen LogP contribution in [0.4, 0.5) is 0 Å². The Balaban J connectivity index is 1.86. The number of rotatable bonds is 7. The largest absolute Gasteiger partial charge is 0.313 e. The van der Waals surface area contributed by atoms with Crippen molar-refractivity contribution in [2.45, 2.75) is 52.6 Å². The number of hydrogen-bond acceptors (Lipinski definition) is 2. The zero-order valence-electron chi connectivity index (χ0n) is 13.5. The smallest absolute Gasteiger partial charge is 0.0244 e. The maximum Gasteiger partial charge on any atom is 0.0244 e. The van der Waals surface area contributed by atoms with Crippen LogP contribution in [-0.4, -0.2) is 24.5 Å². The van der Waals surface area contributed by atoms with Crippen molar-refractivity contribution >= 4 is 15.9 Å². The molecule has 0 aliphatic carbocycles. The van der Waals surface area contributed by atoms with Crippen LogP contribution in [0.3, 0.4) is 0 Å². The second kappa shape index (κ2) is 8.92. The van der Waals surface area contributed by atoms with Gasteiger partial charge in [0.2, 0.25) is 0 Å². The lowest BCUT2D eigenvalue weighted by molar-refractivity contribution is 0.175. The molecule has 0 amide bonds. The van der Waals surface area contributed by atoms with Crippen LogP contribution in [0.15, 0.2) is 22.7 Å². The molecule has 1 fully saturated rings. The average Bonchev–Trinajstić information content (AvgIpc) is 2.51. The molecule has 118 valence electrons. The van der Waals surface area contributed by atoms with E-state index in [1.54, 1.807) is 0 Å². The number of benzene rings is 1. The molecule has 0 saturated carbocycles. The van der Waals surface area contributed by atoms with Gasteiger partial charge in [-0.05, 0) is 62.0 Å². The highest BCUT2D eigenvalue weighted by Crippen LogP contribution is 2.24. The van der Waals surface area contributed by atoms with E-state index in [4.69, 9.17) is 0 Å². The number of hydrogen-bond donors (Lipinski definition) is 1. The van der Waals surface area contributed by atoms with Gasteiger partial charge in [0.15, 0.2) is 0 Å². The zero-order chi connectivity index (χ0) is 15.1. The Morgan fingerprint density at radius 1 is 1.24 bits per heavy atom.